The largest absolute Gasteiger partial charge is 0.495 e. The Balaban J connectivity index is 1.76. The van der Waals surface area contributed by atoms with E-state index in [9.17, 15) is 24.3 Å². The number of allylic oxidation sites excluding steroid dienone is 3. The van der Waals surface area contributed by atoms with E-state index in [2.05, 4.69) is 5.32 Å². The standard InChI is InChI=1S/C36H50ClN3O10S/c1-20-11-10-12-27(47-8)36(45)19-26(48-34(44)38-36)21(2)32-35(4,50-32)28(49-33(43)22(3)39(5)29(41)13-14-51-9)18-30(42)40(6)24-16-23(15-20)17-25(46-7)31(24)37/h10-12,16-17,21-22,26-28,32,45H,13-15,18-19H2,1-9H3,(H,38,44)/b12-10+,20-11+/t21-,22?,26?,27-,28+,32+,35+,36+/m0/s1. The number of likely N-dealkylation sites (N-methyl/N-ethyl adjacent to an activating group) is 1. The predicted molar refractivity (Wildman–Crippen MR) is 194 cm³/mol. The second kappa shape index (κ2) is 16.6. The van der Waals surface area contributed by atoms with Gasteiger partial charge in [0.25, 0.3) is 0 Å². The molecule has 282 valence electrons. The van der Waals surface area contributed by atoms with Crippen molar-refractivity contribution < 1.29 is 48.0 Å². The second-order valence-corrected chi connectivity index (χ2v) is 15.0. The van der Waals surface area contributed by atoms with E-state index in [0.29, 0.717) is 23.6 Å². The Bertz CT molecular complexity index is 1560. The summed E-state index contributed by atoms with van der Waals surface area (Å²) < 4.78 is 29.1. The van der Waals surface area contributed by atoms with E-state index >= 15 is 0 Å². The number of carbonyl (C=O) groups excluding carboxylic acids is 4. The van der Waals surface area contributed by atoms with Crippen molar-refractivity contribution in [1.29, 1.82) is 0 Å². The van der Waals surface area contributed by atoms with E-state index < -0.39 is 65.7 Å². The fourth-order valence-corrected chi connectivity index (χ4v) is 7.28. The number of nitrogens with one attached hydrogen (secondary N) is 1. The molecule has 0 radical (unpaired) electrons. The van der Waals surface area contributed by atoms with Gasteiger partial charge < -0.3 is 38.6 Å². The second-order valence-electron chi connectivity index (χ2n) is 13.6. The van der Waals surface area contributed by atoms with Gasteiger partial charge in [-0.25, -0.2) is 9.59 Å². The van der Waals surface area contributed by atoms with Gasteiger partial charge in [-0.1, -0.05) is 42.3 Å². The number of hydrogen-bond acceptors (Lipinski definition) is 11. The molecule has 2 fully saturated rings. The van der Waals surface area contributed by atoms with Crippen LogP contribution in [0.1, 0.15) is 52.5 Å². The van der Waals surface area contributed by atoms with Crippen molar-refractivity contribution in [2.24, 2.45) is 5.92 Å². The molecule has 2 unspecified atom stereocenters. The molecule has 0 aliphatic carbocycles. The Hall–Kier alpha value is -3.30. The highest BCUT2D eigenvalue weighted by molar-refractivity contribution is 7.98. The van der Waals surface area contributed by atoms with Crippen LogP contribution in [-0.2, 0) is 39.8 Å². The first kappa shape index (κ1) is 40.5. The maximum atomic E-state index is 14.1. The Morgan fingerprint density at radius 1 is 1.27 bits per heavy atom. The van der Waals surface area contributed by atoms with Gasteiger partial charge in [0.1, 0.15) is 40.7 Å². The fraction of sp³-hybridized carbons (Fsp3) is 0.611. The Morgan fingerprint density at radius 2 is 1.98 bits per heavy atom. The van der Waals surface area contributed by atoms with Crippen LogP contribution >= 0.6 is 23.4 Å². The van der Waals surface area contributed by atoms with E-state index in [4.69, 9.17) is 35.3 Å². The van der Waals surface area contributed by atoms with Crippen molar-refractivity contribution >= 4 is 52.9 Å². The van der Waals surface area contributed by atoms with Crippen molar-refractivity contribution in [3.63, 3.8) is 0 Å². The number of thioether (sulfide) groups is 1. The van der Waals surface area contributed by atoms with Crippen LogP contribution in [-0.4, -0.2) is 116 Å². The molecule has 2 saturated heterocycles. The van der Waals surface area contributed by atoms with Crippen LogP contribution in [0.15, 0.2) is 35.9 Å². The predicted octanol–water partition coefficient (Wildman–Crippen LogP) is 4.27. The smallest absolute Gasteiger partial charge is 0.409 e. The fourth-order valence-electron chi connectivity index (χ4n) is 6.58. The maximum Gasteiger partial charge on any atom is 0.409 e. The first-order valence-corrected chi connectivity index (χ1v) is 18.6. The summed E-state index contributed by atoms with van der Waals surface area (Å²) >= 11 is 8.27. The number of nitrogens with zero attached hydrogens (tertiary/aromatic N) is 2. The molecule has 1 aromatic rings. The van der Waals surface area contributed by atoms with Crippen LogP contribution in [0.4, 0.5) is 10.5 Å². The van der Waals surface area contributed by atoms with Gasteiger partial charge in [0.15, 0.2) is 5.72 Å². The number of methoxy groups -OCH3 is 2. The number of halogens is 1. The average molecular weight is 752 g/mol. The molecule has 4 rings (SSSR count). The summed E-state index contributed by atoms with van der Waals surface area (Å²) in [7, 11) is 6.04. The van der Waals surface area contributed by atoms with Gasteiger partial charge in [0.2, 0.25) is 11.8 Å². The van der Waals surface area contributed by atoms with Crippen molar-refractivity contribution in [2.45, 2.75) is 95.2 Å². The molecule has 0 aromatic heterocycles. The third kappa shape index (κ3) is 9.02. The number of aliphatic hydroxyl groups is 1. The third-order valence-electron chi connectivity index (χ3n) is 10.0. The SMILES string of the molecule is COc1cc2cc(c1Cl)N(C)C(=O)C[C@@H](OC(=O)C(C)N(C)C(=O)CCSC)[C@@]1(C)O[C@@H]1[C@@H](C)C1C[C@](O)(NC(=O)O1)[C@@H](OC)/C=C/C=C(\C)C2. The number of hydrogen-bond donors (Lipinski definition) is 2. The molecule has 3 amide bonds. The summed E-state index contributed by atoms with van der Waals surface area (Å²) in [6.45, 7) is 7.02. The number of ether oxygens (including phenoxy) is 5. The summed E-state index contributed by atoms with van der Waals surface area (Å²) in [5, 5.41) is 14.4. The molecule has 2 N–H and O–H groups in total. The lowest BCUT2D eigenvalue weighted by Crippen LogP contribution is -2.63. The number of fused-ring (bicyclic) bond motifs is 5. The maximum absolute atomic E-state index is 14.1. The third-order valence-corrected chi connectivity index (χ3v) is 11.0. The monoisotopic (exact) mass is 751 g/mol. The minimum absolute atomic E-state index is 0.0440. The molecule has 15 heteroatoms. The Labute approximate surface area is 308 Å². The molecular formula is C36H50ClN3O10S. The van der Waals surface area contributed by atoms with E-state index in [-0.39, 0.29) is 30.2 Å². The summed E-state index contributed by atoms with van der Waals surface area (Å²) in [4.78, 5) is 56.0. The lowest BCUT2D eigenvalue weighted by molar-refractivity contribution is -0.161. The number of carbonyl (C=O) groups is 4. The van der Waals surface area contributed by atoms with Crippen LogP contribution < -0.4 is 15.0 Å². The molecule has 4 bridgehead atoms. The zero-order valence-electron chi connectivity index (χ0n) is 30.7. The summed E-state index contributed by atoms with van der Waals surface area (Å²) in [6.07, 6.45) is 3.16. The molecule has 3 aliphatic rings. The molecule has 0 saturated carbocycles. The molecule has 0 spiro atoms. The van der Waals surface area contributed by atoms with Crippen LogP contribution in [0.3, 0.4) is 0 Å². The number of anilines is 1. The van der Waals surface area contributed by atoms with E-state index in [1.807, 2.05) is 19.3 Å². The molecule has 1 aromatic carbocycles. The normalized spacial score (nSPS) is 31.9. The topological polar surface area (TPSA) is 156 Å². The van der Waals surface area contributed by atoms with Crippen LogP contribution in [0.5, 0.6) is 5.75 Å². The van der Waals surface area contributed by atoms with E-state index in [1.54, 1.807) is 52.1 Å². The average Bonchev–Trinajstić information content (AvgIpc) is 3.79. The zero-order chi connectivity index (χ0) is 37.8. The van der Waals surface area contributed by atoms with Gasteiger partial charge in [0.05, 0.1) is 25.3 Å². The first-order chi connectivity index (χ1) is 24.0. The zero-order valence-corrected chi connectivity index (χ0v) is 32.3. The number of esters is 1. The molecule has 13 nitrogen and oxygen atoms in total. The number of amides is 3. The Morgan fingerprint density at radius 3 is 2.63 bits per heavy atom. The number of alkyl carbamates (subject to hydrolysis) is 1. The molecule has 51 heavy (non-hydrogen) atoms. The van der Waals surface area contributed by atoms with E-state index in [0.717, 1.165) is 11.1 Å². The lowest BCUT2D eigenvalue weighted by Gasteiger charge is -2.42. The Kier molecular flexibility index (Phi) is 13.2. The lowest BCUT2D eigenvalue weighted by atomic mass is 9.83. The molecule has 3 aliphatic heterocycles. The summed E-state index contributed by atoms with van der Waals surface area (Å²) in [6, 6.07) is 2.64. The van der Waals surface area contributed by atoms with Gasteiger partial charge >= 0.3 is 12.1 Å². The van der Waals surface area contributed by atoms with Gasteiger partial charge in [-0.3, -0.25) is 14.9 Å². The van der Waals surface area contributed by atoms with E-state index in [1.165, 1.54) is 42.8 Å². The highest BCUT2D eigenvalue weighted by atomic mass is 35.5. The molecule has 3 heterocycles. The highest BCUT2D eigenvalue weighted by Gasteiger charge is 2.64. The van der Waals surface area contributed by atoms with Crippen LogP contribution in [0.2, 0.25) is 5.02 Å². The summed E-state index contributed by atoms with van der Waals surface area (Å²) in [5.41, 5.74) is -0.877. The molecule has 8 atom stereocenters. The minimum Gasteiger partial charge on any atom is -0.495 e. The van der Waals surface area contributed by atoms with Crippen molar-refractivity contribution in [3.8, 4) is 5.75 Å². The van der Waals surface area contributed by atoms with Crippen LogP contribution in [0.25, 0.3) is 0 Å². The van der Waals surface area contributed by atoms with Gasteiger partial charge in [0, 0.05) is 45.7 Å². The van der Waals surface area contributed by atoms with Gasteiger partial charge in [-0.15, -0.1) is 0 Å². The summed E-state index contributed by atoms with van der Waals surface area (Å²) in [5.74, 6) is -0.896. The van der Waals surface area contributed by atoms with Gasteiger partial charge in [-0.05, 0) is 51.1 Å². The highest BCUT2D eigenvalue weighted by Crippen LogP contribution is 2.49. The number of epoxide rings is 1. The molecular weight excluding hydrogens is 702 g/mol. The van der Waals surface area contributed by atoms with Crippen molar-refractivity contribution in [3.05, 3.63) is 46.5 Å². The quantitative estimate of drug-likeness (QED) is 0.289. The van der Waals surface area contributed by atoms with Crippen molar-refractivity contribution in [1.82, 2.24) is 10.2 Å². The number of rotatable bonds is 8. The van der Waals surface area contributed by atoms with Gasteiger partial charge in [-0.2, -0.15) is 11.8 Å². The van der Waals surface area contributed by atoms with Crippen molar-refractivity contribution in [2.75, 3.05) is 45.2 Å². The first-order valence-electron chi connectivity index (χ1n) is 16.8. The number of benzene rings is 1. The minimum atomic E-state index is -1.82. The van der Waals surface area contributed by atoms with Crippen LogP contribution in [0, 0.1) is 5.92 Å².